The number of halogens is 1. The van der Waals surface area contributed by atoms with Gasteiger partial charge in [0.2, 0.25) is 0 Å². The lowest BCUT2D eigenvalue weighted by Gasteiger charge is -2.44. The Morgan fingerprint density at radius 1 is 1.13 bits per heavy atom. The standard InChI is InChI=1S/C24H23ClN4O/c1-14-22(27)29-24(28-14)21-11-16(18-8-15(13-26)9-19(25)10-18)2-3-17(21)12-23(24)6-4-20(30)5-7-23/h2-3,8-11,20,30H,4-7,12H2,1H3,(H2,27,29)/t20?,23?,24-/m1/s1. The van der Waals surface area contributed by atoms with Crippen molar-refractivity contribution >= 4 is 23.1 Å². The van der Waals surface area contributed by atoms with E-state index >= 15 is 0 Å². The highest BCUT2D eigenvalue weighted by Crippen LogP contribution is 2.61. The first-order chi connectivity index (χ1) is 14.4. The number of nitrogens with zero attached hydrogens (tertiary/aromatic N) is 3. The maximum Gasteiger partial charge on any atom is 0.184 e. The zero-order valence-corrected chi connectivity index (χ0v) is 17.6. The predicted molar refractivity (Wildman–Crippen MR) is 119 cm³/mol. The summed E-state index contributed by atoms with van der Waals surface area (Å²) in [6.07, 6.45) is 3.86. The normalized spacial score (nSPS) is 29.6. The molecule has 1 saturated carbocycles. The quantitative estimate of drug-likeness (QED) is 0.721. The monoisotopic (exact) mass is 418 g/mol. The molecule has 2 aliphatic carbocycles. The molecule has 0 unspecified atom stereocenters. The molecule has 0 saturated heterocycles. The van der Waals surface area contributed by atoms with Crippen molar-refractivity contribution in [1.82, 2.24) is 0 Å². The first-order valence-corrected chi connectivity index (χ1v) is 10.7. The molecule has 1 heterocycles. The van der Waals surface area contributed by atoms with Crippen molar-refractivity contribution in [1.29, 1.82) is 5.26 Å². The van der Waals surface area contributed by atoms with E-state index in [4.69, 9.17) is 27.3 Å². The Labute approximate surface area is 180 Å². The lowest BCUT2D eigenvalue weighted by atomic mass is 9.65. The maximum atomic E-state index is 10.1. The number of aliphatic imine (C=N–C) groups is 2. The third-order valence-corrected chi connectivity index (χ3v) is 7.23. The van der Waals surface area contributed by atoms with Crippen LogP contribution in [0.3, 0.4) is 0 Å². The van der Waals surface area contributed by atoms with Crippen LogP contribution in [0.2, 0.25) is 5.02 Å². The Morgan fingerprint density at radius 2 is 1.90 bits per heavy atom. The SMILES string of the molecule is CC1=N[C@@]2(N=C1N)c1cc(-c3cc(Cl)cc(C#N)c3)ccc1CC21CCC(O)CC1. The van der Waals surface area contributed by atoms with Gasteiger partial charge in [0.05, 0.1) is 23.4 Å². The molecule has 2 spiro atoms. The number of nitrogens with two attached hydrogens (primary N) is 1. The largest absolute Gasteiger partial charge is 0.393 e. The maximum absolute atomic E-state index is 10.1. The third-order valence-electron chi connectivity index (χ3n) is 7.01. The molecular weight excluding hydrogens is 396 g/mol. The second-order valence-corrected chi connectivity index (χ2v) is 9.20. The molecule has 2 aromatic rings. The summed E-state index contributed by atoms with van der Waals surface area (Å²) in [5, 5.41) is 20.0. The average Bonchev–Trinajstić information content (AvgIpc) is 3.17. The average molecular weight is 419 g/mol. The molecule has 5 rings (SSSR count). The summed E-state index contributed by atoms with van der Waals surface area (Å²) in [6.45, 7) is 1.91. The van der Waals surface area contributed by atoms with Crippen molar-refractivity contribution in [3.63, 3.8) is 0 Å². The van der Waals surface area contributed by atoms with Gasteiger partial charge in [0.1, 0.15) is 5.84 Å². The Morgan fingerprint density at radius 3 is 2.57 bits per heavy atom. The van der Waals surface area contributed by atoms with Gasteiger partial charge in [-0.1, -0.05) is 23.7 Å². The second-order valence-electron chi connectivity index (χ2n) is 8.77. The van der Waals surface area contributed by atoms with Crippen LogP contribution in [0.5, 0.6) is 0 Å². The van der Waals surface area contributed by atoms with E-state index in [9.17, 15) is 10.4 Å². The molecule has 152 valence electrons. The van der Waals surface area contributed by atoms with Crippen LogP contribution in [-0.2, 0) is 12.1 Å². The zero-order chi connectivity index (χ0) is 21.1. The summed E-state index contributed by atoms with van der Waals surface area (Å²) in [7, 11) is 0. The fraction of sp³-hybridized carbons (Fsp3) is 0.375. The minimum atomic E-state index is -0.733. The summed E-state index contributed by atoms with van der Waals surface area (Å²) in [5.41, 5.74) is 10.8. The van der Waals surface area contributed by atoms with E-state index < -0.39 is 5.66 Å². The number of aliphatic hydroxyl groups is 1. The van der Waals surface area contributed by atoms with Crippen molar-refractivity contribution in [3.8, 4) is 17.2 Å². The van der Waals surface area contributed by atoms with E-state index in [0.717, 1.165) is 54.5 Å². The first-order valence-electron chi connectivity index (χ1n) is 10.3. The molecule has 0 bridgehead atoms. The Balaban J connectivity index is 1.68. The molecule has 1 aliphatic heterocycles. The number of benzene rings is 2. The molecule has 2 aromatic carbocycles. The molecule has 0 amide bonds. The fourth-order valence-electron chi connectivity index (χ4n) is 5.45. The molecule has 0 aromatic heterocycles. The van der Waals surface area contributed by atoms with E-state index in [2.05, 4.69) is 24.3 Å². The van der Waals surface area contributed by atoms with Gasteiger partial charge < -0.3 is 10.8 Å². The van der Waals surface area contributed by atoms with Gasteiger partial charge in [-0.2, -0.15) is 5.26 Å². The molecule has 5 nitrogen and oxygen atoms in total. The minimum Gasteiger partial charge on any atom is -0.393 e. The summed E-state index contributed by atoms with van der Waals surface area (Å²) >= 11 is 6.25. The van der Waals surface area contributed by atoms with Crippen LogP contribution in [0.15, 0.2) is 46.4 Å². The zero-order valence-electron chi connectivity index (χ0n) is 16.8. The van der Waals surface area contributed by atoms with E-state index in [1.54, 1.807) is 6.07 Å². The number of hydrogen-bond donors (Lipinski definition) is 2. The van der Waals surface area contributed by atoms with Crippen molar-refractivity contribution < 1.29 is 5.11 Å². The van der Waals surface area contributed by atoms with Crippen molar-refractivity contribution in [2.45, 2.75) is 50.8 Å². The van der Waals surface area contributed by atoms with E-state index in [-0.39, 0.29) is 11.5 Å². The molecule has 30 heavy (non-hydrogen) atoms. The molecule has 3 N–H and O–H groups in total. The number of rotatable bonds is 1. The summed E-state index contributed by atoms with van der Waals surface area (Å²) in [5.74, 6) is 0.494. The van der Waals surface area contributed by atoms with E-state index in [0.29, 0.717) is 16.4 Å². The number of amidine groups is 1. The summed E-state index contributed by atoms with van der Waals surface area (Å²) in [6, 6.07) is 13.9. The van der Waals surface area contributed by atoms with Gasteiger partial charge in [-0.25, -0.2) is 4.99 Å². The van der Waals surface area contributed by atoms with E-state index in [1.807, 2.05) is 19.1 Å². The van der Waals surface area contributed by atoms with Crippen LogP contribution in [0.25, 0.3) is 11.1 Å². The van der Waals surface area contributed by atoms with Crippen LogP contribution in [0.4, 0.5) is 0 Å². The highest BCUT2D eigenvalue weighted by molar-refractivity contribution is 6.41. The van der Waals surface area contributed by atoms with Gasteiger partial charge >= 0.3 is 0 Å². The lowest BCUT2D eigenvalue weighted by Crippen LogP contribution is -2.43. The lowest BCUT2D eigenvalue weighted by molar-refractivity contribution is 0.0233. The highest BCUT2D eigenvalue weighted by atomic mass is 35.5. The molecule has 6 heteroatoms. The molecule has 1 atom stereocenters. The fourth-order valence-corrected chi connectivity index (χ4v) is 5.68. The van der Waals surface area contributed by atoms with Crippen LogP contribution in [0, 0.1) is 16.7 Å². The molecular formula is C24H23ClN4O. The van der Waals surface area contributed by atoms with Crippen molar-refractivity contribution in [2.75, 3.05) is 0 Å². The molecule has 0 radical (unpaired) electrons. The topological polar surface area (TPSA) is 94.8 Å². The third kappa shape index (κ3) is 2.71. The highest BCUT2D eigenvalue weighted by Gasteiger charge is 2.60. The van der Waals surface area contributed by atoms with Gasteiger partial charge in [-0.05, 0) is 80.0 Å². The number of hydrogen-bond acceptors (Lipinski definition) is 5. The van der Waals surface area contributed by atoms with Crippen molar-refractivity contribution in [2.24, 2.45) is 21.1 Å². The number of aliphatic hydroxyl groups excluding tert-OH is 1. The predicted octanol–water partition coefficient (Wildman–Crippen LogP) is 4.34. The number of fused-ring (bicyclic) bond motifs is 3. The first kappa shape index (κ1) is 19.3. The van der Waals surface area contributed by atoms with Crippen LogP contribution < -0.4 is 5.73 Å². The van der Waals surface area contributed by atoms with Gasteiger partial charge in [-0.3, -0.25) is 4.99 Å². The Bertz CT molecular complexity index is 1130. The second kappa shape index (κ2) is 6.66. The summed E-state index contributed by atoms with van der Waals surface area (Å²) < 4.78 is 0. The van der Waals surface area contributed by atoms with Gasteiger partial charge in [0, 0.05) is 16.0 Å². The van der Waals surface area contributed by atoms with Gasteiger partial charge in [-0.15, -0.1) is 0 Å². The van der Waals surface area contributed by atoms with E-state index in [1.165, 1.54) is 5.56 Å². The van der Waals surface area contributed by atoms with Crippen LogP contribution >= 0.6 is 11.6 Å². The summed E-state index contributed by atoms with van der Waals surface area (Å²) in [4.78, 5) is 10.0. The van der Waals surface area contributed by atoms with Gasteiger partial charge in [0.25, 0.3) is 0 Å². The van der Waals surface area contributed by atoms with Crippen LogP contribution in [-0.4, -0.2) is 22.8 Å². The molecule has 1 fully saturated rings. The van der Waals surface area contributed by atoms with Crippen LogP contribution in [0.1, 0.15) is 49.3 Å². The number of nitriles is 1. The Hall–Kier alpha value is -2.68. The van der Waals surface area contributed by atoms with Crippen molar-refractivity contribution in [3.05, 3.63) is 58.1 Å². The molecule has 3 aliphatic rings. The smallest absolute Gasteiger partial charge is 0.184 e. The minimum absolute atomic E-state index is 0.165. The Kier molecular flexibility index (Phi) is 4.29. The van der Waals surface area contributed by atoms with Gasteiger partial charge in [0.15, 0.2) is 5.66 Å².